The first-order valence-corrected chi connectivity index (χ1v) is 12.6. The lowest BCUT2D eigenvalue weighted by molar-refractivity contribution is -0.120. The normalized spacial score (nSPS) is 19.8. The number of ether oxygens (including phenoxy) is 1. The maximum Gasteiger partial charge on any atom is 0.218 e. The molecule has 2 heterocycles. The Morgan fingerprint density at radius 3 is 2.78 bits per heavy atom. The number of benzene rings is 1. The zero-order valence-corrected chi connectivity index (χ0v) is 21.2. The number of pyridine rings is 1. The number of nitrogens with one attached hydrogen (secondary N) is 2. The first kappa shape index (κ1) is 26.1. The van der Waals surface area contributed by atoms with Crippen LogP contribution in [0.4, 0.5) is 4.39 Å². The third-order valence-electron chi connectivity index (χ3n) is 7.18. The van der Waals surface area contributed by atoms with Gasteiger partial charge in [-0.1, -0.05) is 12.1 Å². The number of fused-ring (bicyclic) bond motifs is 1. The molecule has 8 heteroatoms. The van der Waals surface area contributed by atoms with Crippen LogP contribution in [0.15, 0.2) is 36.5 Å². The monoisotopic (exact) mass is 494 g/mol. The van der Waals surface area contributed by atoms with Gasteiger partial charge in [0, 0.05) is 37.7 Å². The van der Waals surface area contributed by atoms with Crippen LogP contribution in [-0.2, 0) is 17.6 Å². The molecular weight excluding hydrogens is 459 g/mol. The topological polar surface area (TPSA) is 107 Å². The predicted octanol–water partition coefficient (Wildman–Crippen LogP) is 3.76. The van der Waals surface area contributed by atoms with Crippen molar-refractivity contribution in [1.29, 1.82) is 5.26 Å². The summed E-state index contributed by atoms with van der Waals surface area (Å²) in [4.78, 5) is 16.4. The molecule has 7 nitrogen and oxygen atoms in total. The number of rotatable bonds is 9. The van der Waals surface area contributed by atoms with E-state index in [-0.39, 0.29) is 29.9 Å². The van der Waals surface area contributed by atoms with Crippen molar-refractivity contribution in [1.82, 2.24) is 15.6 Å². The molecule has 0 saturated heterocycles. The van der Waals surface area contributed by atoms with Crippen molar-refractivity contribution in [2.75, 3.05) is 6.54 Å². The number of amides is 1. The average Bonchev–Trinajstić information content (AvgIpc) is 2.80. The summed E-state index contributed by atoms with van der Waals surface area (Å²) in [6.07, 6.45) is 5.57. The van der Waals surface area contributed by atoms with Crippen molar-refractivity contribution >= 4 is 5.91 Å². The lowest BCUT2D eigenvalue weighted by Crippen LogP contribution is -2.52. The maximum atomic E-state index is 13.7. The van der Waals surface area contributed by atoms with Gasteiger partial charge in [-0.15, -0.1) is 0 Å². The van der Waals surface area contributed by atoms with E-state index in [9.17, 15) is 19.6 Å². The molecule has 1 aliphatic heterocycles. The van der Waals surface area contributed by atoms with E-state index < -0.39 is 17.6 Å². The molecule has 0 unspecified atom stereocenters. The van der Waals surface area contributed by atoms with Crippen LogP contribution in [0.3, 0.4) is 0 Å². The first-order chi connectivity index (χ1) is 17.1. The van der Waals surface area contributed by atoms with Crippen molar-refractivity contribution in [2.45, 2.75) is 83.1 Å². The molecule has 1 saturated carbocycles. The Labute approximate surface area is 212 Å². The van der Waals surface area contributed by atoms with E-state index in [0.717, 1.165) is 36.8 Å². The third-order valence-corrected chi connectivity index (χ3v) is 7.18. The highest BCUT2D eigenvalue weighted by molar-refractivity contribution is 5.73. The second-order valence-corrected chi connectivity index (χ2v) is 10.9. The molecule has 2 aliphatic rings. The summed E-state index contributed by atoms with van der Waals surface area (Å²) >= 11 is 0. The van der Waals surface area contributed by atoms with Crippen molar-refractivity contribution in [3.05, 3.63) is 59.0 Å². The van der Waals surface area contributed by atoms with Crippen molar-refractivity contribution in [2.24, 2.45) is 5.41 Å². The standard InChI is InChI=1S/C28H35FN4O3/c1-18(34)33-23(12-19-6-4-7-21(29)10-19)25(35)16-31-24-14-28(8-5-9-28)36-26-22(24)11-20(15-32-26)13-27(2,3)17-30/h4,6-7,10-11,15,23-25,31,35H,5,8-9,12-14,16H2,1-3H3,(H,33,34)/t23-,24-,25-/m0/s1. The number of halogens is 1. The summed E-state index contributed by atoms with van der Waals surface area (Å²) in [5.74, 6) is -0.00645. The first-order valence-electron chi connectivity index (χ1n) is 12.6. The molecule has 0 radical (unpaired) electrons. The zero-order chi connectivity index (χ0) is 25.9. The summed E-state index contributed by atoms with van der Waals surface area (Å²) < 4.78 is 20.0. The Morgan fingerprint density at radius 2 is 2.14 bits per heavy atom. The van der Waals surface area contributed by atoms with Gasteiger partial charge < -0.3 is 20.5 Å². The molecular formula is C28H35FN4O3. The molecule has 1 amide bonds. The molecule has 4 rings (SSSR count). The highest BCUT2D eigenvalue weighted by Gasteiger charge is 2.46. The van der Waals surface area contributed by atoms with Crippen LogP contribution in [0, 0.1) is 22.6 Å². The van der Waals surface area contributed by atoms with E-state index in [0.29, 0.717) is 24.3 Å². The van der Waals surface area contributed by atoms with Gasteiger partial charge in [-0.25, -0.2) is 9.37 Å². The van der Waals surface area contributed by atoms with E-state index in [4.69, 9.17) is 4.74 Å². The van der Waals surface area contributed by atoms with Gasteiger partial charge in [-0.05, 0) is 75.3 Å². The van der Waals surface area contributed by atoms with E-state index in [2.05, 4.69) is 27.8 Å². The third kappa shape index (κ3) is 6.21. The van der Waals surface area contributed by atoms with Gasteiger partial charge in [0.2, 0.25) is 11.8 Å². The van der Waals surface area contributed by atoms with Crippen molar-refractivity contribution in [3.8, 4) is 11.9 Å². The van der Waals surface area contributed by atoms with Crippen LogP contribution in [-0.4, -0.2) is 40.3 Å². The molecule has 3 atom stereocenters. The molecule has 1 aromatic heterocycles. The minimum atomic E-state index is -0.894. The highest BCUT2D eigenvalue weighted by Crippen LogP contribution is 2.48. The maximum absolute atomic E-state index is 13.7. The number of carbonyl (C=O) groups is 1. The molecule has 1 fully saturated rings. The SMILES string of the molecule is CC(=O)N[C@@H](Cc1cccc(F)c1)[C@@H](O)CN[C@H]1CC2(CCC2)Oc2ncc(CC(C)(C)C#N)cc21. The minimum Gasteiger partial charge on any atom is -0.471 e. The Balaban J connectivity index is 1.51. The lowest BCUT2D eigenvalue weighted by atomic mass is 9.73. The van der Waals surface area contributed by atoms with Gasteiger partial charge in [0.25, 0.3) is 0 Å². The van der Waals surface area contributed by atoms with Crippen LogP contribution in [0.2, 0.25) is 0 Å². The van der Waals surface area contributed by atoms with Gasteiger partial charge >= 0.3 is 0 Å². The quantitative estimate of drug-likeness (QED) is 0.490. The molecule has 0 bridgehead atoms. The number of aromatic nitrogens is 1. The average molecular weight is 495 g/mol. The van der Waals surface area contributed by atoms with Crippen molar-refractivity contribution in [3.63, 3.8) is 0 Å². The van der Waals surface area contributed by atoms with E-state index in [1.54, 1.807) is 18.3 Å². The summed E-state index contributed by atoms with van der Waals surface area (Å²) in [6, 6.07) is 9.91. The fourth-order valence-corrected chi connectivity index (χ4v) is 5.15. The summed E-state index contributed by atoms with van der Waals surface area (Å²) in [5, 5.41) is 26.8. The summed E-state index contributed by atoms with van der Waals surface area (Å²) in [6.45, 7) is 5.44. The van der Waals surface area contributed by atoms with Gasteiger partial charge in [-0.3, -0.25) is 4.79 Å². The number of aliphatic hydroxyl groups is 1. The van der Waals surface area contributed by atoms with Crippen LogP contribution in [0.1, 0.15) is 69.2 Å². The summed E-state index contributed by atoms with van der Waals surface area (Å²) in [7, 11) is 0. The molecule has 3 N–H and O–H groups in total. The smallest absolute Gasteiger partial charge is 0.218 e. The molecule has 1 spiro atoms. The summed E-state index contributed by atoms with van der Waals surface area (Å²) in [5.41, 5.74) is 1.83. The van der Waals surface area contributed by atoms with E-state index in [1.807, 2.05) is 13.8 Å². The molecule has 2 aromatic rings. The highest BCUT2D eigenvalue weighted by atomic mass is 19.1. The molecule has 1 aliphatic carbocycles. The van der Waals surface area contributed by atoms with Crippen LogP contribution in [0.25, 0.3) is 0 Å². The lowest BCUT2D eigenvalue weighted by Gasteiger charge is -2.47. The Bertz CT molecular complexity index is 1140. The number of hydrogen-bond donors (Lipinski definition) is 3. The van der Waals surface area contributed by atoms with Crippen molar-refractivity contribution < 1.29 is 19.0 Å². The van der Waals surface area contributed by atoms with Gasteiger partial charge in [0.15, 0.2) is 0 Å². The molecule has 1 aromatic carbocycles. The van der Waals surface area contributed by atoms with Gasteiger partial charge in [0.1, 0.15) is 11.4 Å². The number of aliphatic hydroxyl groups excluding tert-OH is 1. The van der Waals surface area contributed by atoms with Crippen LogP contribution in [0.5, 0.6) is 5.88 Å². The fourth-order valence-electron chi connectivity index (χ4n) is 5.15. The van der Waals surface area contributed by atoms with Crippen LogP contribution >= 0.6 is 0 Å². The number of nitrogens with zero attached hydrogens (tertiary/aromatic N) is 2. The number of carbonyl (C=O) groups excluding carboxylic acids is 1. The Kier molecular flexibility index (Phi) is 7.62. The molecule has 192 valence electrons. The predicted molar refractivity (Wildman–Crippen MR) is 134 cm³/mol. The zero-order valence-electron chi connectivity index (χ0n) is 21.2. The second kappa shape index (κ2) is 10.5. The number of nitriles is 1. The van der Waals surface area contributed by atoms with Gasteiger partial charge in [-0.2, -0.15) is 5.26 Å². The molecule has 36 heavy (non-hydrogen) atoms. The minimum absolute atomic E-state index is 0.0894. The number of hydrogen-bond acceptors (Lipinski definition) is 6. The second-order valence-electron chi connectivity index (χ2n) is 10.9. The van der Waals surface area contributed by atoms with Crippen LogP contribution < -0.4 is 15.4 Å². The largest absolute Gasteiger partial charge is 0.471 e. The Hall–Kier alpha value is -3.02. The van der Waals surface area contributed by atoms with E-state index >= 15 is 0 Å². The fraction of sp³-hybridized carbons (Fsp3) is 0.536. The van der Waals surface area contributed by atoms with Gasteiger partial charge in [0.05, 0.1) is 23.6 Å². The Morgan fingerprint density at radius 1 is 1.36 bits per heavy atom. The van der Waals surface area contributed by atoms with E-state index in [1.165, 1.54) is 19.1 Å².